The van der Waals surface area contributed by atoms with E-state index in [1.54, 1.807) is 6.92 Å². The van der Waals surface area contributed by atoms with Gasteiger partial charge in [-0.3, -0.25) is 4.79 Å². The Kier molecular flexibility index (Phi) is 3.67. The second-order valence-corrected chi connectivity index (χ2v) is 4.69. The molecule has 1 N–H and O–H groups in total. The zero-order valence-corrected chi connectivity index (χ0v) is 10.1. The first-order chi connectivity index (χ1) is 8.18. The highest BCUT2D eigenvalue weighted by Crippen LogP contribution is 2.36. The van der Waals surface area contributed by atoms with Gasteiger partial charge in [0.1, 0.15) is 5.75 Å². The molecule has 0 saturated carbocycles. The van der Waals surface area contributed by atoms with E-state index in [2.05, 4.69) is 6.07 Å². The van der Waals surface area contributed by atoms with Gasteiger partial charge in [-0.2, -0.15) is 0 Å². The Morgan fingerprint density at radius 3 is 3.06 bits per heavy atom. The fourth-order valence-corrected chi connectivity index (χ4v) is 2.29. The normalized spacial score (nSPS) is 20.2. The van der Waals surface area contributed by atoms with E-state index < -0.39 is 5.97 Å². The molecule has 0 saturated heterocycles. The maximum Gasteiger partial charge on any atom is 0.306 e. The van der Waals surface area contributed by atoms with E-state index >= 15 is 0 Å². The van der Waals surface area contributed by atoms with Crippen LogP contribution in [0.2, 0.25) is 0 Å². The molecule has 0 fully saturated rings. The number of benzene rings is 1. The molecule has 17 heavy (non-hydrogen) atoms. The lowest BCUT2D eigenvalue weighted by atomic mass is 9.87. The Bertz CT molecular complexity index is 400. The first-order valence-corrected chi connectivity index (χ1v) is 6.13. The summed E-state index contributed by atoms with van der Waals surface area (Å²) in [5, 5.41) is 8.88. The van der Waals surface area contributed by atoms with E-state index in [-0.39, 0.29) is 5.92 Å². The molecule has 1 heterocycles. The molecule has 2 atom stereocenters. The molecule has 1 aliphatic heterocycles. The number of ether oxygens (including phenoxy) is 1. The molecule has 0 spiro atoms. The number of para-hydroxylation sites is 1. The fraction of sp³-hybridized carbons (Fsp3) is 0.500. The van der Waals surface area contributed by atoms with Crippen LogP contribution in [0.3, 0.4) is 0 Å². The summed E-state index contributed by atoms with van der Waals surface area (Å²) in [4.78, 5) is 10.8. The largest absolute Gasteiger partial charge is 0.493 e. The lowest BCUT2D eigenvalue weighted by Gasteiger charge is -2.26. The molecule has 0 amide bonds. The molecule has 2 rings (SSSR count). The Morgan fingerprint density at radius 2 is 2.29 bits per heavy atom. The quantitative estimate of drug-likeness (QED) is 0.871. The van der Waals surface area contributed by atoms with E-state index in [0.717, 1.165) is 31.6 Å². The molecular weight excluding hydrogens is 216 g/mol. The van der Waals surface area contributed by atoms with Crippen LogP contribution in [0.1, 0.15) is 37.7 Å². The number of hydrogen-bond donors (Lipinski definition) is 1. The van der Waals surface area contributed by atoms with Gasteiger partial charge in [-0.05, 0) is 36.8 Å². The highest BCUT2D eigenvalue weighted by atomic mass is 16.5. The number of fused-ring (bicyclic) bond motifs is 1. The number of carboxylic acids is 1. The highest BCUT2D eigenvalue weighted by molar-refractivity contribution is 5.69. The molecule has 0 aliphatic carbocycles. The van der Waals surface area contributed by atoms with Crippen LogP contribution in [0.15, 0.2) is 24.3 Å². The average Bonchev–Trinajstić information content (AvgIpc) is 2.35. The third-order valence-corrected chi connectivity index (χ3v) is 3.45. The minimum atomic E-state index is -0.703. The monoisotopic (exact) mass is 234 g/mol. The van der Waals surface area contributed by atoms with Crippen LogP contribution < -0.4 is 4.74 Å². The predicted molar refractivity (Wildman–Crippen MR) is 65.3 cm³/mol. The van der Waals surface area contributed by atoms with Gasteiger partial charge >= 0.3 is 5.97 Å². The van der Waals surface area contributed by atoms with Crippen molar-refractivity contribution in [1.29, 1.82) is 0 Å². The Balaban J connectivity index is 2.01. The average molecular weight is 234 g/mol. The van der Waals surface area contributed by atoms with Crippen molar-refractivity contribution in [2.45, 2.75) is 32.1 Å². The van der Waals surface area contributed by atoms with Gasteiger partial charge < -0.3 is 9.84 Å². The summed E-state index contributed by atoms with van der Waals surface area (Å²) in [7, 11) is 0. The second-order valence-electron chi connectivity index (χ2n) is 4.69. The summed E-state index contributed by atoms with van der Waals surface area (Å²) in [5.74, 6) is 0.448. The molecule has 3 heteroatoms. The van der Waals surface area contributed by atoms with Crippen LogP contribution in [0, 0.1) is 5.92 Å². The SMILES string of the molecule is CC(CCC1CCOc2ccccc21)C(=O)O. The number of carbonyl (C=O) groups is 1. The number of carboxylic acid groups (broad SMARTS) is 1. The van der Waals surface area contributed by atoms with Crippen LogP contribution in [-0.4, -0.2) is 17.7 Å². The molecule has 3 nitrogen and oxygen atoms in total. The van der Waals surface area contributed by atoms with Gasteiger partial charge in [0.25, 0.3) is 0 Å². The van der Waals surface area contributed by atoms with E-state index in [0.29, 0.717) is 5.92 Å². The molecule has 0 aromatic heterocycles. The second kappa shape index (κ2) is 5.21. The Labute approximate surface area is 101 Å². The number of rotatable bonds is 4. The molecule has 92 valence electrons. The third kappa shape index (κ3) is 2.78. The zero-order valence-electron chi connectivity index (χ0n) is 10.1. The first kappa shape index (κ1) is 12.0. The minimum absolute atomic E-state index is 0.259. The fourth-order valence-electron chi connectivity index (χ4n) is 2.29. The van der Waals surface area contributed by atoms with Crippen LogP contribution in [0.4, 0.5) is 0 Å². The molecule has 0 radical (unpaired) electrons. The summed E-state index contributed by atoms with van der Waals surface area (Å²) in [6.45, 7) is 2.51. The summed E-state index contributed by atoms with van der Waals surface area (Å²) in [6.07, 6.45) is 2.64. The van der Waals surface area contributed by atoms with Crippen molar-refractivity contribution in [2.75, 3.05) is 6.61 Å². The first-order valence-electron chi connectivity index (χ1n) is 6.13. The maximum atomic E-state index is 10.8. The van der Waals surface area contributed by atoms with Gasteiger partial charge in [0.05, 0.1) is 12.5 Å². The smallest absolute Gasteiger partial charge is 0.306 e. The van der Waals surface area contributed by atoms with Crippen molar-refractivity contribution in [3.8, 4) is 5.75 Å². The summed E-state index contributed by atoms with van der Waals surface area (Å²) in [6, 6.07) is 8.06. The Hall–Kier alpha value is -1.51. The molecule has 1 aromatic rings. The van der Waals surface area contributed by atoms with Gasteiger partial charge in [-0.1, -0.05) is 25.1 Å². The predicted octanol–water partition coefficient (Wildman–Crippen LogP) is 3.05. The number of aliphatic carboxylic acids is 1. The van der Waals surface area contributed by atoms with Gasteiger partial charge in [0, 0.05) is 0 Å². The lowest BCUT2D eigenvalue weighted by Crippen LogP contribution is -2.16. The summed E-state index contributed by atoms with van der Waals surface area (Å²) in [5.41, 5.74) is 1.23. The third-order valence-electron chi connectivity index (χ3n) is 3.45. The highest BCUT2D eigenvalue weighted by Gasteiger charge is 2.22. The van der Waals surface area contributed by atoms with Crippen molar-refractivity contribution in [3.05, 3.63) is 29.8 Å². The number of hydrogen-bond acceptors (Lipinski definition) is 2. The van der Waals surface area contributed by atoms with Gasteiger partial charge in [-0.15, -0.1) is 0 Å². The van der Waals surface area contributed by atoms with Crippen molar-refractivity contribution < 1.29 is 14.6 Å². The van der Waals surface area contributed by atoms with Gasteiger partial charge in [0.15, 0.2) is 0 Å². The molecule has 1 aliphatic rings. The van der Waals surface area contributed by atoms with Crippen molar-refractivity contribution >= 4 is 5.97 Å². The maximum absolute atomic E-state index is 10.8. The van der Waals surface area contributed by atoms with Crippen LogP contribution >= 0.6 is 0 Å². The van der Waals surface area contributed by atoms with E-state index in [9.17, 15) is 4.79 Å². The van der Waals surface area contributed by atoms with Crippen molar-refractivity contribution in [2.24, 2.45) is 5.92 Å². The standard InChI is InChI=1S/C14H18O3/c1-10(14(15)16)6-7-11-8-9-17-13-5-3-2-4-12(11)13/h2-5,10-11H,6-9H2,1H3,(H,15,16). The van der Waals surface area contributed by atoms with E-state index in [1.165, 1.54) is 5.56 Å². The van der Waals surface area contributed by atoms with Crippen LogP contribution in [0.25, 0.3) is 0 Å². The summed E-state index contributed by atoms with van der Waals surface area (Å²) < 4.78 is 5.59. The zero-order chi connectivity index (χ0) is 12.3. The molecule has 1 aromatic carbocycles. The molecule has 2 unspecified atom stereocenters. The van der Waals surface area contributed by atoms with Gasteiger partial charge in [-0.25, -0.2) is 0 Å². The van der Waals surface area contributed by atoms with Crippen LogP contribution in [-0.2, 0) is 4.79 Å². The van der Waals surface area contributed by atoms with Gasteiger partial charge in [0.2, 0.25) is 0 Å². The Morgan fingerprint density at radius 1 is 1.53 bits per heavy atom. The van der Waals surface area contributed by atoms with E-state index in [1.807, 2.05) is 18.2 Å². The lowest BCUT2D eigenvalue weighted by molar-refractivity contribution is -0.141. The van der Waals surface area contributed by atoms with Crippen LogP contribution in [0.5, 0.6) is 5.75 Å². The molecular formula is C14H18O3. The van der Waals surface area contributed by atoms with E-state index in [4.69, 9.17) is 9.84 Å². The van der Waals surface area contributed by atoms with Crippen molar-refractivity contribution in [3.63, 3.8) is 0 Å². The molecule has 0 bridgehead atoms. The minimum Gasteiger partial charge on any atom is -0.493 e. The summed E-state index contributed by atoms with van der Waals surface area (Å²) >= 11 is 0. The van der Waals surface area contributed by atoms with Crippen molar-refractivity contribution in [1.82, 2.24) is 0 Å². The topological polar surface area (TPSA) is 46.5 Å².